The van der Waals surface area contributed by atoms with Gasteiger partial charge in [-0.05, 0) is 62.4 Å². The molecule has 0 aromatic heterocycles. The van der Waals surface area contributed by atoms with Gasteiger partial charge in [-0.3, -0.25) is 4.79 Å². The third-order valence-electron chi connectivity index (χ3n) is 5.83. The van der Waals surface area contributed by atoms with Crippen LogP contribution in [0.4, 0.5) is 0 Å². The maximum Gasteiger partial charge on any atom is 0.233 e. The van der Waals surface area contributed by atoms with Gasteiger partial charge in [-0.1, -0.05) is 43.5 Å². The molecule has 1 aromatic carbocycles. The maximum absolute atomic E-state index is 13.4. The molecule has 2 aliphatic rings. The average molecular weight is 349 g/mol. The predicted octanol–water partition coefficient (Wildman–Crippen LogP) is 4.00. The van der Waals surface area contributed by atoms with E-state index in [1.54, 1.807) is 0 Å². The SMILES string of the molecule is CCNCC1CCN(C(=O)C2(c3cccc(Cl)c3)CCCC2)CC1. The molecular weight excluding hydrogens is 320 g/mol. The first-order valence-corrected chi connectivity index (χ1v) is 9.79. The Morgan fingerprint density at radius 1 is 1.29 bits per heavy atom. The van der Waals surface area contributed by atoms with E-state index in [-0.39, 0.29) is 5.41 Å². The second-order valence-corrected chi connectivity index (χ2v) is 7.78. The number of hydrogen-bond donors (Lipinski definition) is 1. The van der Waals surface area contributed by atoms with Gasteiger partial charge in [0.15, 0.2) is 0 Å². The Morgan fingerprint density at radius 2 is 2.00 bits per heavy atom. The molecule has 0 bridgehead atoms. The van der Waals surface area contributed by atoms with Crippen LogP contribution in [-0.4, -0.2) is 37.0 Å². The van der Waals surface area contributed by atoms with Crippen LogP contribution in [0.1, 0.15) is 51.0 Å². The van der Waals surface area contributed by atoms with Crippen molar-refractivity contribution in [3.63, 3.8) is 0 Å². The number of rotatable bonds is 5. The molecule has 3 nitrogen and oxygen atoms in total. The lowest BCUT2D eigenvalue weighted by atomic mass is 9.77. The van der Waals surface area contributed by atoms with E-state index in [2.05, 4.69) is 23.2 Å². The van der Waals surface area contributed by atoms with Crippen molar-refractivity contribution in [1.29, 1.82) is 0 Å². The summed E-state index contributed by atoms with van der Waals surface area (Å²) in [6.07, 6.45) is 6.42. The van der Waals surface area contributed by atoms with Crippen molar-refractivity contribution in [3.8, 4) is 0 Å². The van der Waals surface area contributed by atoms with Crippen LogP contribution in [0.3, 0.4) is 0 Å². The Morgan fingerprint density at radius 3 is 2.62 bits per heavy atom. The number of nitrogens with zero attached hydrogens (tertiary/aromatic N) is 1. The summed E-state index contributed by atoms with van der Waals surface area (Å²) in [5.74, 6) is 1.05. The van der Waals surface area contributed by atoms with Crippen LogP contribution in [-0.2, 0) is 10.2 Å². The summed E-state index contributed by atoms with van der Waals surface area (Å²) in [6.45, 7) is 6.05. The van der Waals surface area contributed by atoms with Crippen molar-refractivity contribution >= 4 is 17.5 Å². The highest BCUT2D eigenvalue weighted by Gasteiger charge is 2.45. The van der Waals surface area contributed by atoms with E-state index in [1.807, 2.05) is 18.2 Å². The van der Waals surface area contributed by atoms with Crippen LogP contribution in [0.15, 0.2) is 24.3 Å². The topological polar surface area (TPSA) is 32.3 Å². The minimum Gasteiger partial charge on any atom is -0.342 e. The number of carbonyl (C=O) groups is 1. The van der Waals surface area contributed by atoms with E-state index in [0.717, 1.165) is 75.3 Å². The van der Waals surface area contributed by atoms with Gasteiger partial charge in [-0.25, -0.2) is 0 Å². The largest absolute Gasteiger partial charge is 0.342 e. The molecule has 1 saturated heterocycles. The molecule has 1 amide bonds. The van der Waals surface area contributed by atoms with Crippen molar-refractivity contribution in [3.05, 3.63) is 34.9 Å². The third kappa shape index (κ3) is 3.62. The molecule has 1 aliphatic heterocycles. The van der Waals surface area contributed by atoms with Crippen molar-refractivity contribution in [2.24, 2.45) is 5.92 Å². The molecule has 0 radical (unpaired) electrons. The van der Waals surface area contributed by atoms with Crippen LogP contribution in [0, 0.1) is 5.92 Å². The molecule has 1 heterocycles. The quantitative estimate of drug-likeness (QED) is 0.872. The molecule has 1 saturated carbocycles. The number of carbonyl (C=O) groups excluding carboxylic acids is 1. The monoisotopic (exact) mass is 348 g/mol. The zero-order chi connectivity index (χ0) is 17.0. The summed E-state index contributed by atoms with van der Waals surface area (Å²) < 4.78 is 0. The molecule has 1 N–H and O–H groups in total. The minimum atomic E-state index is -0.334. The Balaban J connectivity index is 1.72. The van der Waals surface area contributed by atoms with E-state index >= 15 is 0 Å². The summed E-state index contributed by atoms with van der Waals surface area (Å²) >= 11 is 6.21. The average Bonchev–Trinajstić information content (AvgIpc) is 3.11. The van der Waals surface area contributed by atoms with Gasteiger partial charge in [-0.2, -0.15) is 0 Å². The smallest absolute Gasteiger partial charge is 0.233 e. The lowest BCUT2D eigenvalue weighted by Crippen LogP contribution is -2.49. The molecular formula is C20H29ClN2O. The van der Waals surface area contributed by atoms with Crippen LogP contribution in [0.5, 0.6) is 0 Å². The number of halogens is 1. The number of benzene rings is 1. The Labute approximate surface area is 150 Å². The maximum atomic E-state index is 13.4. The highest BCUT2D eigenvalue weighted by atomic mass is 35.5. The van der Waals surface area contributed by atoms with Gasteiger partial charge in [0.1, 0.15) is 0 Å². The van der Waals surface area contributed by atoms with Crippen molar-refractivity contribution < 1.29 is 4.79 Å². The lowest BCUT2D eigenvalue weighted by molar-refractivity contribution is -0.138. The minimum absolute atomic E-state index is 0.334. The second-order valence-electron chi connectivity index (χ2n) is 7.34. The molecule has 1 aliphatic carbocycles. The predicted molar refractivity (Wildman–Crippen MR) is 99.4 cm³/mol. The van der Waals surface area contributed by atoms with Gasteiger partial charge in [0, 0.05) is 18.1 Å². The molecule has 132 valence electrons. The highest BCUT2D eigenvalue weighted by Crippen LogP contribution is 2.43. The summed E-state index contributed by atoms with van der Waals surface area (Å²) in [6, 6.07) is 7.97. The van der Waals surface area contributed by atoms with Crippen LogP contribution in [0.25, 0.3) is 0 Å². The van der Waals surface area contributed by atoms with E-state index in [4.69, 9.17) is 11.6 Å². The number of amides is 1. The lowest BCUT2D eigenvalue weighted by Gasteiger charge is -2.39. The molecule has 0 spiro atoms. The van der Waals surface area contributed by atoms with Crippen LogP contribution >= 0.6 is 11.6 Å². The van der Waals surface area contributed by atoms with Gasteiger partial charge in [-0.15, -0.1) is 0 Å². The van der Waals surface area contributed by atoms with Gasteiger partial charge >= 0.3 is 0 Å². The molecule has 2 fully saturated rings. The summed E-state index contributed by atoms with van der Waals surface area (Å²) in [4.78, 5) is 15.5. The molecule has 0 atom stereocenters. The Hall–Kier alpha value is -1.06. The summed E-state index contributed by atoms with van der Waals surface area (Å²) in [7, 11) is 0. The first-order chi connectivity index (χ1) is 11.7. The molecule has 0 unspecified atom stereocenters. The number of likely N-dealkylation sites (tertiary alicyclic amines) is 1. The molecule has 3 rings (SSSR count). The molecule has 1 aromatic rings. The van der Waals surface area contributed by atoms with Crippen molar-refractivity contribution in [1.82, 2.24) is 10.2 Å². The second kappa shape index (κ2) is 7.88. The molecule has 4 heteroatoms. The molecule has 24 heavy (non-hydrogen) atoms. The van der Waals surface area contributed by atoms with E-state index in [9.17, 15) is 4.79 Å². The number of nitrogens with one attached hydrogen (secondary N) is 1. The van der Waals surface area contributed by atoms with Crippen molar-refractivity contribution in [2.45, 2.75) is 50.9 Å². The Kier molecular flexibility index (Phi) is 5.83. The standard InChI is InChI=1S/C20H29ClN2O/c1-2-22-15-16-8-12-23(13-9-16)19(24)20(10-3-4-11-20)17-6-5-7-18(21)14-17/h5-7,14,16,22H,2-4,8-13,15H2,1H3. The van der Waals surface area contributed by atoms with Crippen LogP contribution in [0.2, 0.25) is 5.02 Å². The van der Waals surface area contributed by atoms with Gasteiger partial charge in [0.25, 0.3) is 0 Å². The summed E-state index contributed by atoms with van der Waals surface area (Å²) in [5.41, 5.74) is 0.784. The highest BCUT2D eigenvalue weighted by molar-refractivity contribution is 6.30. The fourth-order valence-electron chi connectivity index (χ4n) is 4.38. The van der Waals surface area contributed by atoms with E-state index in [1.165, 1.54) is 0 Å². The zero-order valence-electron chi connectivity index (χ0n) is 14.7. The van der Waals surface area contributed by atoms with Crippen LogP contribution < -0.4 is 5.32 Å². The van der Waals surface area contributed by atoms with Gasteiger partial charge < -0.3 is 10.2 Å². The first-order valence-electron chi connectivity index (χ1n) is 9.42. The van der Waals surface area contributed by atoms with Gasteiger partial charge in [0.2, 0.25) is 5.91 Å². The third-order valence-corrected chi connectivity index (χ3v) is 6.06. The number of piperidine rings is 1. The summed E-state index contributed by atoms with van der Waals surface area (Å²) in [5, 5.41) is 4.17. The van der Waals surface area contributed by atoms with E-state index in [0.29, 0.717) is 11.8 Å². The van der Waals surface area contributed by atoms with E-state index < -0.39 is 0 Å². The van der Waals surface area contributed by atoms with Gasteiger partial charge in [0.05, 0.1) is 5.41 Å². The van der Waals surface area contributed by atoms with Crippen molar-refractivity contribution in [2.75, 3.05) is 26.2 Å². The first kappa shape index (κ1) is 17.8. The zero-order valence-corrected chi connectivity index (χ0v) is 15.4. The fraction of sp³-hybridized carbons (Fsp3) is 0.650. The fourth-order valence-corrected chi connectivity index (χ4v) is 4.57. The Bertz CT molecular complexity index is 561. The number of hydrogen-bond acceptors (Lipinski definition) is 2. The normalized spacial score (nSPS) is 21.2.